The van der Waals surface area contributed by atoms with Gasteiger partial charge in [-0.05, 0) is 23.8 Å². The number of hydrogen-bond acceptors (Lipinski definition) is 3. The second-order valence-corrected chi connectivity index (χ2v) is 7.40. The van der Waals surface area contributed by atoms with Crippen LogP contribution in [0.1, 0.15) is 11.1 Å². The molecule has 0 saturated heterocycles. The van der Waals surface area contributed by atoms with E-state index >= 15 is 0 Å². The van der Waals surface area contributed by atoms with Crippen LogP contribution in [0.25, 0.3) is 0 Å². The Kier molecular flexibility index (Phi) is 5.72. The standard InChI is InChI=1S/C16H12ClF3N2O2S/c17-15-7-6-13(10-14(15)16(18,19)20)25(23,24)22(9-8-21)11-12-4-2-1-3-5-12/h1-7,10H,9,11H2. The van der Waals surface area contributed by atoms with Crippen molar-refractivity contribution in [1.82, 2.24) is 4.31 Å². The predicted molar refractivity (Wildman–Crippen MR) is 86.1 cm³/mol. The molecule has 0 fully saturated rings. The Balaban J connectivity index is 2.46. The number of hydrogen-bond donors (Lipinski definition) is 0. The van der Waals surface area contributed by atoms with Crippen LogP contribution in [0.5, 0.6) is 0 Å². The second kappa shape index (κ2) is 7.44. The molecule has 0 atom stereocenters. The zero-order valence-electron chi connectivity index (χ0n) is 12.7. The molecule has 0 heterocycles. The highest BCUT2D eigenvalue weighted by atomic mass is 35.5. The molecule has 0 bridgehead atoms. The molecule has 0 saturated carbocycles. The lowest BCUT2D eigenvalue weighted by Gasteiger charge is -2.20. The molecule has 2 aromatic rings. The van der Waals surface area contributed by atoms with Gasteiger partial charge in [-0.25, -0.2) is 8.42 Å². The molecule has 0 amide bonds. The molecule has 2 aromatic carbocycles. The third-order valence-electron chi connectivity index (χ3n) is 3.33. The number of rotatable bonds is 5. The van der Waals surface area contributed by atoms with Gasteiger partial charge < -0.3 is 0 Å². The van der Waals surface area contributed by atoms with E-state index in [1.807, 2.05) is 0 Å². The molecule has 132 valence electrons. The molecule has 25 heavy (non-hydrogen) atoms. The first kappa shape index (κ1) is 19.2. The summed E-state index contributed by atoms with van der Waals surface area (Å²) in [5.41, 5.74) is -0.641. The number of nitrogens with zero attached hydrogens (tertiary/aromatic N) is 2. The van der Waals surface area contributed by atoms with Crippen LogP contribution < -0.4 is 0 Å². The van der Waals surface area contributed by atoms with Crippen LogP contribution in [-0.2, 0) is 22.7 Å². The zero-order chi connectivity index (χ0) is 18.7. The summed E-state index contributed by atoms with van der Waals surface area (Å²) in [4.78, 5) is -0.574. The minimum Gasteiger partial charge on any atom is -0.207 e. The van der Waals surface area contributed by atoms with E-state index in [1.54, 1.807) is 36.4 Å². The molecule has 0 radical (unpaired) electrons. The van der Waals surface area contributed by atoms with Crippen molar-refractivity contribution >= 4 is 21.6 Å². The van der Waals surface area contributed by atoms with Crippen molar-refractivity contribution in [1.29, 1.82) is 5.26 Å². The normalized spacial score (nSPS) is 12.2. The highest BCUT2D eigenvalue weighted by Crippen LogP contribution is 2.36. The van der Waals surface area contributed by atoms with E-state index < -0.39 is 38.2 Å². The third kappa shape index (κ3) is 4.51. The molecule has 9 heteroatoms. The summed E-state index contributed by atoms with van der Waals surface area (Å²) in [6.07, 6.45) is -4.79. The smallest absolute Gasteiger partial charge is 0.207 e. The number of alkyl halides is 3. The van der Waals surface area contributed by atoms with Gasteiger partial charge in [0, 0.05) is 6.54 Å². The van der Waals surface area contributed by atoms with Gasteiger partial charge in [0.15, 0.2) is 0 Å². The lowest BCUT2D eigenvalue weighted by molar-refractivity contribution is -0.137. The molecule has 0 unspecified atom stereocenters. The van der Waals surface area contributed by atoms with Crippen LogP contribution in [0, 0.1) is 11.3 Å². The fourth-order valence-corrected chi connectivity index (χ4v) is 3.70. The summed E-state index contributed by atoms with van der Waals surface area (Å²) in [5, 5.41) is 8.30. The van der Waals surface area contributed by atoms with Gasteiger partial charge in [0.05, 0.1) is 21.6 Å². The quantitative estimate of drug-likeness (QED) is 0.725. The molecule has 0 aliphatic rings. The first-order valence-electron chi connectivity index (χ1n) is 6.94. The lowest BCUT2D eigenvalue weighted by Crippen LogP contribution is -2.31. The number of sulfonamides is 1. The summed E-state index contributed by atoms with van der Waals surface area (Å²) in [6.45, 7) is -0.637. The topological polar surface area (TPSA) is 61.2 Å². The Morgan fingerprint density at radius 1 is 1.12 bits per heavy atom. The first-order valence-corrected chi connectivity index (χ1v) is 8.76. The van der Waals surface area contributed by atoms with Gasteiger partial charge in [0.1, 0.15) is 6.54 Å². The molecule has 0 N–H and O–H groups in total. The molecule has 4 nitrogen and oxygen atoms in total. The van der Waals surface area contributed by atoms with E-state index in [9.17, 15) is 21.6 Å². The highest BCUT2D eigenvalue weighted by molar-refractivity contribution is 7.89. The van der Waals surface area contributed by atoms with Gasteiger partial charge >= 0.3 is 6.18 Å². The maximum absolute atomic E-state index is 13.0. The Hall–Kier alpha value is -2.08. The fraction of sp³-hybridized carbons (Fsp3) is 0.188. The molecular weight excluding hydrogens is 377 g/mol. The van der Waals surface area contributed by atoms with Crippen molar-refractivity contribution in [2.24, 2.45) is 0 Å². The van der Waals surface area contributed by atoms with Crippen molar-refractivity contribution < 1.29 is 21.6 Å². The number of halogens is 4. The molecule has 0 aromatic heterocycles. The molecular formula is C16H12ClF3N2O2S. The molecule has 0 aliphatic carbocycles. The van der Waals surface area contributed by atoms with Crippen LogP contribution in [0.15, 0.2) is 53.4 Å². The van der Waals surface area contributed by atoms with Crippen molar-refractivity contribution in [3.05, 3.63) is 64.7 Å². The van der Waals surface area contributed by atoms with Gasteiger partial charge in [-0.1, -0.05) is 41.9 Å². The first-order chi connectivity index (χ1) is 11.7. The summed E-state index contributed by atoms with van der Waals surface area (Å²) in [7, 11) is -4.31. The maximum atomic E-state index is 13.0. The Morgan fingerprint density at radius 2 is 1.76 bits per heavy atom. The Morgan fingerprint density at radius 3 is 2.32 bits per heavy atom. The fourth-order valence-electron chi connectivity index (χ4n) is 2.12. The summed E-state index contributed by atoms with van der Waals surface area (Å²) >= 11 is 5.52. The third-order valence-corrected chi connectivity index (χ3v) is 5.45. The van der Waals surface area contributed by atoms with Gasteiger partial charge in [-0.2, -0.15) is 22.7 Å². The largest absolute Gasteiger partial charge is 0.417 e. The van der Waals surface area contributed by atoms with Crippen LogP contribution in [0.2, 0.25) is 5.02 Å². The van der Waals surface area contributed by atoms with E-state index in [-0.39, 0.29) is 6.54 Å². The second-order valence-electron chi connectivity index (χ2n) is 5.06. The number of benzene rings is 2. The summed E-state index contributed by atoms with van der Waals surface area (Å²) in [5.74, 6) is 0. The Bertz CT molecular complexity index is 894. The van der Waals surface area contributed by atoms with Crippen LogP contribution in [0.4, 0.5) is 13.2 Å². The summed E-state index contributed by atoms with van der Waals surface area (Å²) in [6, 6.07) is 12.5. The summed E-state index contributed by atoms with van der Waals surface area (Å²) < 4.78 is 65.1. The average molecular weight is 389 g/mol. The zero-order valence-corrected chi connectivity index (χ0v) is 14.2. The minimum absolute atomic E-state index is 0.138. The van der Waals surface area contributed by atoms with E-state index in [1.165, 1.54) is 0 Å². The average Bonchev–Trinajstić information content (AvgIpc) is 2.54. The van der Waals surface area contributed by atoms with Crippen molar-refractivity contribution in [2.45, 2.75) is 17.6 Å². The Labute approximate surface area is 148 Å². The maximum Gasteiger partial charge on any atom is 0.417 e. The molecule has 0 spiro atoms. The lowest BCUT2D eigenvalue weighted by atomic mass is 10.2. The van der Waals surface area contributed by atoms with Crippen molar-refractivity contribution in [3.63, 3.8) is 0 Å². The van der Waals surface area contributed by atoms with E-state index in [2.05, 4.69) is 0 Å². The predicted octanol–water partition coefficient (Wildman–Crippen LogP) is 4.07. The molecule has 2 rings (SSSR count). The SMILES string of the molecule is N#CCN(Cc1ccccc1)S(=O)(=O)c1ccc(Cl)c(C(F)(F)F)c1. The van der Waals surface area contributed by atoms with Crippen molar-refractivity contribution in [3.8, 4) is 6.07 Å². The van der Waals surface area contributed by atoms with Crippen LogP contribution in [-0.4, -0.2) is 19.3 Å². The van der Waals surface area contributed by atoms with Gasteiger partial charge in [0.2, 0.25) is 10.0 Å². The van der Waals surface area contributed by atoms with E-state index in [0.29, 0.717) is 11.6 Å². The van der Waals surface area contributed by atoms with E-state index in [0.717, 1.165) is 16.4 Å². The monoisotopic (exact) mass is 388 g/mol. The highest BCUT2D eigenvalue weighted by Gasteiger charge is 2.35. The van der Waals surface area contributed by atoms with Crippen LogP contribution >= 0.6 is 11.6 Å². The minimum atomic E-state index is -4.79. The van der Waals surface area contributed by atoms with Gasteiger partial charge in [0.25, 0.3) is 0 Å². The van der Waals surface area contributed by atoms with Gasteiger partial charge in [-0.15, -0.1) is 0 Å². The van der Waals surface area contributed by atoms with Gasteiger partial charge in [-0.3, -0.25) is 0 Å². The number of nitriles is 1. The molecule has 0 aliphatic heterocycles. The van der Waals surface area contributed by atoms with Crippen molar-refractivity contribution in [2.75, 3.05) is 6.54 Å². The van der Waals surface area contributed by atoms with Crippen LogP contribution in [0.3, 0.4) is 0 Å². The van der Waals surface area contributed by atoms with E-state index in [4.69, 9.17) is 16.9 Å².